The second-order valence-corrected chi connectivity index (χ2v) is 7.48. The highest BCUT2D eigenvalue weighted by molar-refractivity contribution is 9.10. The molecule has 3 aromatic rings. The van der Waals surface area contributed by atoms with Gasteiger partial charge in [0.25, 0.3) is 0 Å². The summed E-state index contributed by atoms with van der Waals surface area (Å²) in [7, 11) is -1.45. The Kier molecular flexibility index (Phi) is 4.74. The van der Waals surface area contributed by atoms with Gasteiger partial charge in [0.1, 0.15) is 5.82 Å². The molecule has 1 unspecified atom stereocenters. The second kappa shape index (κ2) is 6.77. The standard InChI is InChI=1S/C19H14BrFOS/c1-13-9-11-14(12-10-13)23(22)18-8-4-7-17(21)19(18)15-5-2-3-6-16(15)20/h2-12H,1H3. The van der Waals surface area contributed by atoms with Crippen LogP contribution in [0.25, 0.3) is 11.1 Å². The first-order valence-electron chi connectivity index (χ1n) is 7.10. The lowest BCUT2D eigenvalue weighted by molar-refractivity contribution is 0.626. The van der Waals surface area contributed by atoms with E-state index < -0.39 is 10.8 Å². The molecule has 1 atom stereocenters. The van der Waals surface area contributed by atoms with Gasteiger partial charge in [0.05, 0.1) is 15.7 Å². The van der Waals surface area contributed by atoms with Gasteiger partial charge in [-0.1, -0.05) is 57.9 Å². The van der Waals surface area contributed by atoms with Crippen molar-refractivity contribution in [3.63, 3.8) is 0 Å². The van der Waals surface area contributed by atoms with Gasteiger partial charge in [-0.15, -0.1) is 0 Å². The fourth-order valence-corrected chi connectivity index (χ4v) is 4.09. The van der Waals surface area contributed by atoms with Gasteiger partial charge in [0.2, 0.25) is 0 Å². The van der Waals surface area contributed by atoms with E-state index in [1.165, 1.54) is 6.07 Å². The van der Waals surface area contributed by atoms with E-state index in [9.17, 15) is 8.60 Å². The van der Waals surface area contributed by atoms with Crippen molar-refractivity contribution in [3.8, 4) is 11.1 Å². The van der Waals surface area contributed by atoms with Gasteiger partial charge in [-0.2, -0.15) is 0 Å². The van der Waals surface area contributed by atoms with Crippen molar-refractivity contribution >= 4 is 26.7 Å². The summed E-state index contributed by atoms with van der Waals surface area (Å²) in [6, 6.07) is 19.5. The predicted molar refractivity (Wildman–Crippen MR) is 95.4 cm³/mol. The number of rotatable bonds is 3. The Bertz CT molecular complexity index is 875. The normalized spacial score (nSPS) is 12.1. The number of hydrogen-bond acceptors (Lipinski definition) is 1. The van der Waals surface area contributed by atoms with Crippen LogP contribution in [0.1, 0.15) is 5.56 Å². The van der Waals surface area contributed by atoms with Crippen molar-refractivity contribution in [2.75, 3.05) is 0 Å². The van der Waals surface area contributed by atoms with Gasteiger partial charge >= 0.3 is 0 Å². The molecule has 4 heteroatoms. The van der Waals surface area contributed by atoms with Crippen LogP contribution in [0.15, 0.2) is 81.0 Å². The maximum atomic E-state index is 14.5. The maximum absolute atomic E-state index is 14.5. The summed E-state index contributed by atoms with van der Waals surface area (Å²) in [6.07, 6.45) is 0. The highest BCUT2D eigenvalue weighted by Gasteiger charge is 2.18. The zero-order chi connectivity index (χ0) is 16.4. The summed E-state index contributed by atoms with van der Waals surface area (Å²) in [5, 5.41) is 0. The van der Waals surface area contributed by atoms with Crippen LogP contribution in [0, 0.1) is 12.7 Å². The first-order chi connectivity index (χ1) is 11.1. The molecule has 23 heavy (non-hydrogen) atoms. The third kappa shape index (κ3) is 3.28. The lowest BCUT2D eigenvalue weighted by atomic mass is 10.1. The molecule has 3 rings (SSSR count). The summed E-state index contributed by atoms with van der Waals surface area (Å²) in [4.78, 5) is 1.13. The number of benzene rings is 3. The largest absolute Gasteiger partial charge is 0.249 e. The highest BCUT2D eigenvalue weighted by atomic mass is 79.9. The SMILES string of the molecule is Cc1ccc(S(=O)c2cccc(F)c2-c2ccccc2Br)cc1. The molecule has 0 N–H and O–H groups in total. The summed E-state index contributed by atoms with van der Waals surface area (Å²) in [5.74, 6) is -0.380. The van der Waals surface area contributed by atoms with E-state index in [2.05, 4.69) is 15.9 Å². The van der Waals surface area contributed by atoms with Crippen LogP contribution in [0.5, 0.6) is 0 Å². The maximum Gasteiger partial charge on any atom is 0.132 e. The molecule has 1 nitrogen and oxygen atoms in total. The number of halogens is 2. The smallest absolute Gasteiger partial charge is 0.132 e. The van der Waals surface area contributed by atoms with Crippen LogP contribution >= 0.6 is 15.9 Å². The molecule has 0 aliphatic heterocycles. The third-order valence-electron chi connectivity index (χ3n) is 3.55. The molecule has 0 aliphatic rings. The van der Waals surface area contributed by atoms with E-state index in [1.54, 1.807) is 12.1 Å². The van der Waals surface area contributed by atoms with Gasteiger partial charge in [0, 0.05) is 20.5 Å². The van der Waals surface area contributed by atoms with E-state index in [0.29, 0.717) is 20.9 Å². The molecule has 0 radical (unpaired) electrons. The molecule has 0 aliphatic carbocycles. The van der Waals surface area contributed by atoms with Crippen LogP contribution in [-0.2, 0) is 10.8 Å². The third-order valence-corrected chi connectivity index (χ3v) is 5.68. The van der Waals surface area contributed by atoms with Gasteiger partial charge < -0.3 is 0 Å². The summed E-state index contributed by atoms with van der Waals surface area (Å²) in [6.45, 7) is 1.97. The molecule has 3 aromatic carbocycles. The Balaban J connectivity index is 2.17. The molecule has 0 amide bonds. The van der Waals surface area contributed by atoms with Crippen LogP contribution in [0.2, 0.25) is 0 Å². The molecular weight excluding hydrogens is 375 g/mol. The van der Waals surface area contributed by atoms with Crippen molar-refractivity contribution in [1.82, 2.24) is 0 Å². The molecule has 0 saturated heterocycles. The number of hydrogen-bond donors (Lipinski definition) is 0. The molecule has 0 fully saturated rings. The minimum atomic E-state index is -1.45. The monoisotopic (exact) mass is 388 g/mol. The van der Waals surface area contributed by atoms with Gasteiger partial charge in [0.15, 0.2) is 0 Å². The van der Waals surface area contributed by atoms with Crippen LogP contribution in [0.4, 0.5) is 4.39 Å². The van der Waals surface area contributed by atoms with Crippen molar-refractivity contribution in [2.24, 2.45) is 0 Å². The molecule has 0 spiro atoms. The summed E-state index contributed by atoms with van der Waals surface area (Å²) in [5.41, 5.74) is 2.16. The molecule has 0 aromatic heterocycles. The molecule has 0 bridgehead atoms. The van der Waals surface area contributed by atoms with Crippen molar-refractivity contribution < 1.29 is 8.60 Å². The van der Waals surface area contributed by atoms with Crippen molar-refractivity contribution in [3.05, 3.63) is 82.6 Å². The van der Waals surface area contributed by atoms with E-state index in [-0.39, 0.29) is 5.82 Å². The Labute approximate surface area is 145 Å². The van der Waals surface area contributed by atoms with Crippen LogP contribution < -0.4 is 0 Å². The van der Waals surface area contributed by atoms with E-state index >= 15 is 0 Å². The molecule has 0 heterocycles. The zero-order valence-electron chi connectivity index (χ0n) is 12.4. The van der Waals surface area contributed by atoms with E-state index in [4.69, 9.17) is 0 Å². The van der Waals surface area contributed by atoms with Crippen molar-refractivity contribution in [1.29, 1.82) is 0 Å². The lowest BCUT2D eigenvalue weighted by Crippen LogP contribution is -1.99. The van der Waals surface area contributed by atoms with Gasteiger partial charge in [-0.05, 0) is 37.3 Å². The Morgan fingerprint density at radius 1 is 0.913 bits per heavy atom. The molecular formula is C19H14BrFOS. The molecule has 0 saturated carbocycles. The van der Waals surface area contributed by atoms with E-state index in [0.717, 1.165) is 10.0 Å². The minimum Gasteiger partial charge on any atom is -0.249 e. The minimum absolute atomic E-state index is 0.374. The summed E-state index contributed by atoms with van der Waals surface area (Å²) >= 11 is 3.45. The van der Waals surface area contributed by atoms with Gasteiger partial charge in [-0.25, -0.2) is 8.60 Å². The average molecular weight is 389 g/mol. The Morgan fingerprint density at radius 2 is 1.61 bits per heavy atom. The first kappa shape index (κ1) is 16.1. The molecule has 116 valence electrons. The van der Waals surface area contributed by atoms with E-state index in [1.807, 2.05) is 55.5 Å². The van der Waals surface area contributed by atoms with Crippen LogP contribution in [0.3, 0.4) is 0 Å². The second-order valence-electron chi connectivity index (χ2n) is 5.17. The van der Waals surface area contributed by atoms with Crippen LogP contribution in [-0.4, -0.2) is 4.21 Å². The van der Waals surface area contributed by atoms with Gasteiger partial charge in [-0.3, -0.25) is 0 Å². The first-order valence-corrected chi connectivity index (χ1v) is 9.04. The lowest BCUT2D eigenvalue weighted by Gasteiger charge is -2.12. The topological polar surface area (TPSA) is 17.1 Å². The quantitative estimate of drug-likeness (QED) is 0.559. The highest BCUT2D eigenvalue weighted by Crippen LogP contribution is 2.35. The average Bonchev–Trinajstić information content (AvgIpc) is 2.56. The fourth-order valence-electron chi connectivity index (χ4n) is 2.37. The fraction of sp³-hybridized carbons (Fsp3) is 0.0526. The Hall–Kier alpha value is -1.78. The predicted octanol–water partition coefficient (Wildman–Crippen LogP) is 5.73. The zero-order valence-corrected chi connectivity index (χ0v) is 14.8. The Morgan fingerprint density at radius 3 is 2.30 bits per heavy atom. The van der Waals surface area contributed by atoms with Crippen molar-refractivity contribution in [2.45, 2.75) is 16.7 Å². The summed E-state index contributed by atoms with van der Waals surface area (Å²) < 4.78 is 28.2. The number of aryl methyl sites for hydroxylation is 1.